The normalized spacial score (nSPS) is 37.6. The molecule has 1 heterocycles. The minimum atomic E-state index is 0.231. The Morgan fingerprint density at radius 3 is 2.38 bits per heavy atom. The molecule has 3 aliphatic rings. The predicted molar refractivity (Wildman–Crippen MR) is 89.3 cm³/mol. The quantitative estimate of drug-likeness (QED) is 0.744. The van der Waals surface area contributed by atoms with Gasteiger partial charge in [0.15, 0.2) is 5.96 Å². The van der Waals surface area contributed by atoms with Gasteiger partial charge >= 0.3 is 0 Å². The maximum absolute atomic E-state index is 6.37. The van der Waals surface area contributed by atoms with Gasteiger partial charge in [0.05, 0.1) is 12.1 Å². The highest BCUT2D eigenvalue weighted by atomic mass is 15.4. The van der Waals surface area contributed by atoms with Crippen LogP contribution >= 0.6 is 0 Å². The minimum Gasteiger partial charge on any atom is -0.370 e. The van der Waals surface area contributed by atoms with E-state index in [-0.39, 0.29) is 5.54 Å². The fourth-order valence-corrected chi connectivity index (χ4v) is 5.18. The molecule has 2 saturated carbocycles. The molecule has 120 valence electrons. The predicted octanol–water partition coefficient (Wildman–Crippen LogP) is 3.92. The molecular weight excluding hydrogens is 258 g/mol. The van der Waals surface area contributed by atoms with Gasteiger partial charge in [0.2, 0.25) is 0 Å². The van der Waals surface area contributed by atoms with Crippen LogP contribution in [-0.2, 0) is 0 Å². The van der Waals surface area contributed by atoms with E-state index in [0.717, 1.165) is 12.5 Å². The third-order valence-corrected chi connectivity index (χ3v) is 6.44. The van der Waals surface area contributed by atoms with E-state index in [0.29, 0.717) is 17.4 Å². The van der Waals surface area contributed by atoms with Gasteiger partial charge in [-0.05, 0) is 43.4 Å². The second-order valence-electron chi connectivity index (χ2n) is 8.56. The third-order valence-electron chi connectivity index (χ3n) is 6.44. The van der Waals surface area contributed by atoms with Gasteiger partial charge in [0.1, 0.15) is 0 Å². The summed E-state index contributed by atoms with van der Waals surface area (Å²) in [6.45, 7) is 8.22. The van der Waals surface area contributed by atoms with E-state index in [1.807, 2.05) is 0 Å². The number of nitrogens with zero attached hydrogens (tertiary/aromatic N) is 2. The number of rotatable bonds is 1. The maximum Gasteiger partial charge on any atom is 0.192 e. The highest BCUT2D eigenvalue weighted by Gasteiger charge is 2.52. The Bertz CT molecular complexity index is 407. The van der Waals surface area contributed by atoms with Crippen LogP contribution in [0.4, 0.5) is 0 Å². The van der Waals surface area contributed by atoms with E-state index in [4.69, 9.17) is 10.7 Å². The number of nitrogens with two attached hydrogens (primary N) is 1. The van der Waals surface area contributed by atoms with Crippen LogP contribution in [0.25, 0.3) is 0 Å². The Hall–Kier alpha value is -0.730. The van der Waals surface area contributed by atoms with Crippen LogP contribution in [0.1, 0.15) is 78.6 Å². The average Bonchev–Trinajstić information content (AvgIpc) is 2.61. The Balaban J connectivity index is 1.84. The summed E-state index contributed by atoms with van der Waals surface area (Å²) in [4.78, 5) is 7.31. The molecule has 0 aromatic heterocycles. The van der Waals surface area contributed by atoms with Crippen molar-refractivity contribution in [2.24, 2.45) is 22.1 Å². The molecule has 0 saturated heterocycles. The summed E-state index contributed by atoms with van der Waals surface area (Å²) < 4.78 is 0. The van der Waals surface area contributed by atoms with Gasteiger partial charge in [-0.3, -0.25) is 4.99 Å². The lowest BCUT2D eigenvalue weighted by Crippen LogP contribution is -2.61. The Morgan fingerprint density at radius 1 is 1.10 bits per heavy atom. The van der Waals surface area contributed by atoms with Gasteiger partial charge in [-0.2, -0.15) is 0 Å². The SMILES string of the molecule is CC1CC(C)(C)CCC12CN=C(N)N2C1CCCCCC1. The van der Waals surface area contributed by atoms with Crippen molar-refractivity contribution in [2.45, 2.75) is 90.1 Å². The molecule has 3 nitrogen and oxygen atoms in total. The molecule has 21 heavy (non-hydrogen) atoms. The van der Waals surface area contributed by atoms with Crippen molar-refractivity contribution >= 4 is 5.96 Å². The van der Waals surface area contributed by atoms with E-state index in [1.54, 1.807) is 0 Å². The molecule has 0 aromatic carbocycles. The van der Waals surface area contributed by atoms with Crippen molar-refractivity contribution in [1.29, 1.82) is 0 Å². The molecule has 0 bridgehead atoms. The first kappa shape index (κ1) is 15.2. The van der Waals surface area contributed by atoms with E-state index in [9.17, 15) is 0 Å². The first-order valence-electron chi connectivity index (χ1n) is 9.04. The molecule has 2 unspecified atom stereocenters. The number of aliphatic imine (C=N–C) groups is 1. The fraction of sp³-hybridized carbons (Fsp3) is 0.944. The number of hydrogen-bond donors (Lipinski definition) is 1. The van der Waals surface area contributed by atoms with Gasteiger partial charge in [-0.25, -0.2) is 0 Å². The summed E-state index contributed by atoms with van der Waals surface area (Å²) in [6.07, 6.45) is 12.0. The Labute approximate surface area is 130 Å². The molecule has 1 aliphatic heterocycles. The lowest BCUT2D eigenvalue weighted by atomic mass is 9.63. The van der Waals surface area contributed by atoms with Crippen LogP contribution in [0.15, 0.2) is 4.99 Å². The van der Waals surface area contributed by atoms with Crippen molar-refractivity contribution in [2.75, 3.05) is 6.54 Å². The second-order valence-corrected chi connectivity index (χ2v) is 8.56. The molecule has 3 heteroatoms. The molecule has 3 rings (SSSR count). The largest absolute Gasteiger partial charge is 0.370 e. The van der Waals surface area contributed by atoms with Gasteiger partial charge in [0, 0.05) is 6.04 Å². The molecule has 0 aromatic rings. The smallest absolute Gasteiger partial charge is 0.192 e. The van der Waals surface area contributed by atoms with E-state index in [2.05, 4.69) is 25.7 Å². The maximum atomic E-state index is 6.37. The molecule has 1 spiro atoms. The summed E-state index contributed by atoms with van der Waals surface area (Å²) in [7, 11) is 0. The van der Waals surface area contributed by atoms with E-state index < -0.39 is 0 Å². The molecule has 0 radical (unpaired) electrons. The van der Waals surface area contributed by atoms with Crippen molar-refractivity contribution in [3.8, 4) is 0 Å². The molecular formula is C18H33N3. The summed E-state index contributed by atoms with van der Waals surface area (Å²) in [5, 5.41) is 0. The van der Waals surface area contributed by atoms with Crippen LogP contribution in [0.3, 0.4) is 0 Å². The van der Waals surface area contributed by atoms with Crippen molar-refractivity contribution in [3.63, 3.8) is 0 Å². The minimum absolute atomic E-state index is 0.231. The summed E-state index contributed by atoms with van der Waals surface area (Å²) in [5.41, 5.74) is 7.09. The summed E-state index contributed by atoms with van der Waals surface area (Å²) in [6, 6.07) is 0.641. The number of hydrogen-bond acceptors (Lipinski definition) is 3. The Kier molecular flexibility index (Phi) is 3.96. The zero-order valence-corrected chi connectivity index (χ0v) is 14.2. The van der Waals surface area contributed by atoms with Gasteiger partial charge in [-0.1, -0.05) is 46.5 Å². The highest BCUT2D eigenvalue weighted by molar-refractivity contribution is 5.81. The van der Waals surface area contributed by atoms with E-state index in [1.165, 1.54) is 57.8 Å². The first-order valence-corrected chi connectivity index (χ1v) is 9.04. The fourth-order valence-electron chi connectivity index (χ4n) is 5.18. The lowest BCUT2D eigenvalue weighted by molar-refractivity contribution is 0.00543. The zero-order valence-electron chi connectivity index (χ0n) is 14.2. The lowest BCUT2D eigenvalue weighted by Gasteiger charge is -2.53. The van der Waals surface area contributed by atoms with Crippen LogP contribution in [0, 0.1) is 11.3 Å². The van der Waals surface area contributed by atoms with Crippen LogP contribution in [-0.4, -0.2) is 29.0 Å². The highest BCUT2D eigenvalue weighted by Crippen LogP contribution is 2.49. The molecule has 2 atom stereocenters. The summed E-state index contributed by atoms with van der Waals surface area (Å²) >= 11 is 0. The van der Waals surface area contributed by atoms with E-state index >= 15 is 0 Å². The topological polar surface area (TPSA) is 41.6 Å². The van der Waals surface area contributed by atoms with Crippen LogP contribution < -0.4 is 5.73 Å². The van der Waals surface area contributed by atoms with Gasteiger partial charge in [-0.15, -0.1) is 0 Å². The number of guanidine groups is 1. The Morgan fingerprint density at radius 2 is 1.76 bits per heavy atom. The molecule has 0 amide bonds. The van der Waals surface area contributed by atoms with Crippen LogP contribution in [0.5, 0.6) is 0 Å². The standard InChI is InChI=1S/C18H33N3/c1-14-12-17(2,3)10-11-18(14)13-20-16(19)21(18)15-8-6-4-5-7-9-15/h14-15H,4-13H2,1-3H3,(H2,19,20). The third kappa shape index (κ3) is 2.68. The monoisotopic (exact) mass is 291 g/mol. The van der Waals surface area contributed by atoms with Crippen molar-refractivity contribution < 1.29 is 0 Å². The zero-order chi connectivity index (χ0) is 15.1. The van der Waals surface area contributed by atoms with Gasteiger partial charge < -0.3 is 10.6 Å². The second kappa shape index (κ2) is 5.48. The van der Waals surface area contributed by atoms with Crippen molar-refractivity contribution in [3.05, 3.63) is 0 Å². The molecule has 2 N–H and O–H groups in total. The first-order chi connectivity index (χ1) is 9.95. The average molecular weight is 291 g/mol. The molecule has 2 fully saturated rings. The van der Waals surface area contributed by atoms with Crippen molar-refractivity contribution in [1.82, 2.24) is 4.90 Å². The summed E-state index contributed by atoms with van der Waals surface area (Å²) in [5.74, 6) is 1.53. The molecule has 2 aliphatic carbocycles. The van der Waals surface area contributed by atoms with Crippen LogP contribution in [0.2, 0.25) is 0 Å². The van der Waals surface area contributed by atoms with Gasteiger partial charge in [0.25, 0.3) is 0 Å².